The van der Waals surface area contributed by atoms with Crippen LogP contribution in [0, 0.1) is 12.3 Å². The van der Waals surface area contributed by atoms with E-state index in [0.717, 1.165) is 21.6 Å². The number of thiazole rings is 1. The van der Waals surface area contributed by atoms with Crippen molar-refractivity contribution in [3.63, 3.8) is 0 Å². The number of thiophene rings is 1. The van der Waals surface area contributed by atoms with Gasteiger partial charge in [0.1, 0.15) is 9.96 Å². The van der Waals surface area contributed by atoms with Crippen LogP contribution in [0.1, 0.15) is 6.92 Å². The first-order valence-corrected chi connectivity index (χ1v) is 10.7. The zero-order valence-electron chi connectivity index (χ0n) is 13.1. The van der Waals surface area contributed by atoms with Crippen molar-refractivity contribution >= 4 is 54.5 Å². The highest BCUT2D eigenvalue weighted by Gasteiger charge is 2.17. The molecule has 2 aromatic heterocycles. The van der Waals surface area contributed by atoms with Gasteiger partial charge in [0, 0.05) is 0 Å². The topological polar surface area (TPSA) is 60.7 Å². The molecule has 0 spiro atoms. The molecule has 0 amide bonds. The van der Waals surface area contributed by atoms with Gasteiger partial charge < -0.3 is 9.30 Å². The molecule has 0 saturated heterocycles. The molecule has 0 atom stereocenters. The van der Waals surface area contributed by atoms with Crippen LogP contribution in [0.3, 0.4) is 0 Å². The van der Waals surface area contributed by atoms with Gasteiger partial charge in [-0.2, -0.15) is 8.42 Å². The average Bonchev–Trinajstić information content (AvgIpc) is 3.13. The van der Waals surface area contributed by atoms with Gasteiger partial charge in [0.05, 0.1) is 27.7 Å². The molecule has 25 heavy (non-hydrogen) atoms. The van der Waals surface area contributed by atoms with E-state index >= 15 is 0 Å². The van der Waals surface area contributed by atoms with Crippen molar-refractivity contribution in [2.24, 2.45) is 4.40 Å². The summed E-state index contributed by atoms with van der Waals surface area (Å²) >= 11 is 8.04. The second-order valence-electron chi connectivity index (χ2n) is 4.86. The summed E-state index contributed by atoms with van der Waals surface area (Å²) in [4.78, 5) is 0.311. The lowest BCUT2D eigenvalue weighted by atomic mass is 10.3. The minimum Gasteiger partial charge on any atom is -0.494 e. The van der Waals surface area contributed by atoms with Crippen LogP contribution in [0.4, 0.5) is 0 Å². The second-order valence-corrected chi connectivity index (χ2v) is 9.42. The second kappa shape index (κ2) is 7.22. The molecule has 2 heterocycles. The van der Waals surface area contributed by atoms with Gasteiger partial charge in [0.15, 0.2) is 0 Å². The highest BCUT2D eigenvalue weighted by molar-refractivity contribution is 7.92. The van der Waals surface area contributed by atoms with Gasteiger partial charge in [-0.3, -0.25) is 0 Å². The van der Waals surface area contributed by atoms with E-state index < -0.39 is 10.0 Å². The Morgan fingerprint density at radius 3 is 2.76 bits per heavy atom. The summed E-state index contributed by atoms with van der Waals surface area (Å²) in [5.74, 6) is 3.25. The first-order chi connectivity index (χ1) is 11.9. The van der Waals surface area contributed by atoms with Crippen LogP contribution < -0.4 is 9.54 Å². The fourth-order valence-corrected chi connectivity index (χ4v) is 5.93. The quantitative estimate of drug-likeness (QED) is 0.600. The first-order valence-electron chi connectivity index (χ1n) is 7.20. The van der Waals surface area contributed by atoms with Gasteiger partial charge in [-0.05, 0) is 37.3 Å². The maximum Gasteiger partial charge on any atom is 0.294 e. The molecule has 0 saturated carbocycles. The Morgan fingerprint density at radius 2 is 2.12 bits per heavy atom. The third kappa shape index (κ3) is 3.75. The molecule has 0 bridgehead atoms. The molecule has 0 aliphatic heterocycles. The van der Waals surface area contributed by atoms with Gasteiger partial charge in [0.2, 0.25) is 4.80 Å². The number of ether oxygens (including phenoxy) is 1. The molecular weight excluding hydrogens is 400 g/mol. The van der Waals surface area contributed by atoms with Gasteiger partial charge in [-0.25, -0.2) is 0 Å². The number of sulfonamides is 1. The van der Waals surface area contributed by atoms with Crippen LogP contribution in [-0.2, 0) is 16.6 Å². The molecule has 0 aliphatic rings. The zero-order valence-corrected chi connectivity index (χ0v) is 16.3. The molecule has 0 aliphatic carbocycles. The number of aromatic nitrogens is 1. The van der Waals surface area contributed by atoms with Crippen LogP contribution in [0.15, 0.2) is 38.9 Å². The molecule has 1 aromatic carbocycles. The molecule has 130 valence electrons. The maximum atomic E-state index is 12.5. The number of hydrogen-bond acceptors (Lipinski definition) is 5. The number of benzene rings is 1. The molecule has 0 N–H and O–H groups in total. The standard InChI is InChI=1S/C16H13ClN2O3S3/c1-3-9-19-12-6-5-11(22-4-2)10-13(12)23-16(19)18-25(20,21)15-8-7-14(17)24-15/h1,5-8,10H,4,9H2,2H3/b18-16-. The van der Waals surface area contributed by atoms with Crippen LogP contribution in [0.25, 0.3) is 10.2 Å². The molecule has 9 heteroatoms. The van der Waals surface area contributed by atoms with E-state index in [-0.39, 0.29) is 10.8 Å². The predicted molar refractivity (Wildman–Crippen MR) is 102 cm³/mol. The average molecular weight is 413 g/mol. The van der Waals surface area contributed by atoms with E-state index in [4.69, 9.17) is 22.8 Å². The fraction of sp³-hybridized carbons (Fsp3) is 0.188. The summed E-state index contributed by atoms with van der Waals surface area (Å²) in [7, 11) is -3.85. The Balaban J connectivity index is 2.20. The maximum absolute atomic E-state index is 12.5. The fourth-order valence-electron chi connectivity index (χ4n) is 2.21. The van der Waals surface area contributed by atoms with Crippen molar-refractivity contribution in [3.05, 3.63) is 39.5 Å². The highest BCUT2D eigenvalue weighted by atomic mass is 35.5. The van der Waals surface area contributed by atoms with Crippen molar-refractivity contribution in [1.82, 2.24) is 4.57 Å². The normalized spacial score (nSPS) is 12.4. The van der Waals surface area contributed by atoms with E-state index in [1.165, 1.54) is 23.5 Å². The van der Waals surface area contributed by atoms with Gasteiger partial charge in [0.25, 0.3) is 10.0 Å². The number of halogens is 1. The first kappa shape index (κ1) is 18.0. The monoisotopic (exact) mass is 412 g/mol. The molecular formula is C16H13ClN2O3S3. The predicted octanol–water partition coefficient (Wildman–Crippen LogP) is 3.74. The van der Waals surface area contributed by atoms with Gasteiger partial charge in [-0.1, -0.05) is 28.9 Å². The van der Waals surface area contributed by atoms with Crippen molar-refractivity contribution in [1.29, 1.82) is 0 Å². The molecule has 5 nitrogen and oxygen atoms in total. The Bertz CT molecular complexity index is 1130. The summed E-state index contributed by atoms with van der Waals surface area (Å²) in [6.07, 6.45) is 5.44. The summed E-state index contributed by atoms with van der Waals surface area (Å²) in [5.41, 5.74) is 0.810. The zero-order chi connectivity index (χ0) is 18.0. The number of hydrogen-bond donors (Lipinski definition) is 0. The summed E-state index contributed by atoms with van der Waals surface area (Å²) in [6, 6.07) is 8.50. The van der Waals surface area contributed by atoms with Crippen molar-refractivity contribution < 1.29 is 13.2 Å². The number of terminal acetylenes is 1. The lowest BCUT2D eigenvalue weighted by Gasteiger charge is -2.03. The molecule has 3 aromatic rings. The van der Waals surface area contributed by atoms with E-state index in [1.54, 1.807) is 4.57 Å². The van der Waals surface area contributed by atoms with Crippen LogP contribution >= 0.6 is 34.3 Å². The highest BCUT2D eigenvalue weighted by Crippen LogP contribution is 2.27. The third-order valence-corrected chi connectivity index (χ3v) is 7.34. The summed E-state index contributed by atoms with van der Waals surface area (Å²) in [5, 5.41) is 0. The summed E-state index contributed by atoms with van der Waals surface area (Å²) in [6.45, 7) is 2.66. The Hall–Kier alpha value is -1.79. The lowest BCUT2D eigenvalue weighted by molar-refractivity contribution is 0.341. The largest absolute Gasteiger partial charge is 0.494 e. The van der Waals surface area contributed by atoms with Crippen molar-refractivity contribution in [3.8, 4) is 18.1 Å². The van der Waals surface area contributed by atoms with Crippen molar-refractivity contribution in [2.75, 3.05) is 6.61 Å². The van der Waals surface area contributed by atoms with Crippen molar-refractivity contribution in [2.45, 2.75) is 17.7 Å². The van der Waals surface area contributed by atoms with Gasteiger partial charge >= 0.3 is 0 Å². The SMILES string of the molecule is C#CCn1/c(=N/S(=O)(=O)c2ccc(Cl)s2)sc2cc(OCC)ccc21. The van der Waals surface area contributed by atoms with E-state index in [9.17, 15) is 8.42 Å². The van der Waals surface area contributed by atoms with Gasteiger partial charge in [-0.15, -0.1) is 22.2 Å². The minimum absolute atomic E-state index is 0.0946. The van der Waals surface area contributed by atoms with Crippen LogP contribution in [-0.4, -0.2) is 19.6 Å². The lowest BCUT2D eigenvalue weighted by Crippen LogP contribution is -2.16. The van der Waals surface area contributed by atoms with E-state index in [2.05, 4.69) is 10.3 Å². The minimum atomic E-state index is -3.85. The Kier molecular flexibility index (Phi) is 5.20. The molecule has 0 fully saturated rings. The molecule has 0 unspecified atom stereocenters. The number of rotatable bonds is 5. The number of fused-ring (bicyclic) bond motifs is 1. The summed E-state index contributed by atoms with van der Waals surface area (Å²) < 4.78 is 37.5. The van der Waals surface area contributed by atoms with Crippen LogP contribution in [0.2, 0.25) is 4.34 Å². The smallest absolute Gasteiger partial charge is 0.294 e. The van der Waals surface area contributed by atoms with E-state index in [0.29, 0.717) is 21.5 Å². The Morgan fingerprint density at radius 1 is 1.32 bits per heavy atom. The van der Waals surface area contributed by atoms with Crippen LogP contribution in [0.5, 0.6) is 5.75 Å². The number of nitrogens with zero attached hydrogens (tertiary/aromatic N) is 2. The third-order valence-electron chi connectivity index (χ3n) is 3.22. The molecule has 3 rings (SSSR count). The van der Waals surface area contributed by atoms with E-state index in [1.807, 2.05) is 25.1 Å². The molecule has 0 radical (unpaired) electrons. The Labute approximate surface area is 158 Å².